The van der Waals surface area contributed by atoms with Crippen LogP contribution in [0.3, 0.4) is 0 Å². The van der Waals surface area contributed by atoms with Crippen LogP contribution in [0.2, 0.25) is 0 Å². The first-order chi connectivity index (χ1) is 12.6. The van der Waals surface area contributed by atoms with Crippen molar-refractivity contribution in [3.8, 4) is 11.4 Å². The molecule has 1 fully saturated rings. The maximum atomic E-state index is 12.4. The largest absolute Gasteiger partial charge is 0.339 e. The molecule has 1 amide bonds. The minimum atomic E-state index is -0.0439. The minimum absolute atomic E-state index is 0.0439. The molecule has 0 saturated carbocycles. The maximum absolute atomic E-state index is 12.4. The van der Waals surface area contributed by atoms with Crippen LogP contribution in [-0.2, 0) is 11.3 Å². The highest BCUT2D eigenvalue weighted by atomic mass is 16.5. The van der Waals surface area contributed by atoms with Gasteiger partial charge in [-0.2, -0.15) is 4.98 Å². The minimum Gasteiger partial charge on any atom is -0.339 e. The predicted molar refractivity (Wildman–Crippen MR) is 98.4 cm³/mol. The molecular weight excluding hydrogens is 326 g/mol. The molecule has 0 aliphatic carbocycles. The molecule has 132 valence electrons. The summed E-state index contributed by atoms with van der Waals surface area (Å²) in [6, 6.07) is 16.2. The van der Waals surface area contributed by atoms with E-state index in [0.29, 0.717) is 31.2 Å². The van der Waals surface area contributed by atoms with Crippen molar-refractivity contribution in [3.05, 3.63) is 71.1 Å². The summed E-state index contributed by atoms with van der Waals surface area (Å²) in [5, 5.41) is 4.12. The second-order valence-electron chi connectivity index (χ2n) is 6.94. The molecule has 1 aromatic heterocycles. The number of aryl methyl sites for hydroxylation is 2. The molecule has 0 spiro atoms. The monoisotopic (exact) mass is 347 g/mol. The molecule has 4 rings (SSSR count). The van der Waals surface area contributed by atoms with Gasteiger partial charge in [0.2, 0.25) is 17.6 Å². The Morgan fingerprint density at radius 3 is 2.81 bits per heavy atom. The molecule has 5 nitrogen and oxygen atoms in total. The summed E-state index contributed by atoms with van der Waals surface area (Å²) in [5.41, 5.74) is 4.41. The van der Waals surface area contributed by atoms with Crippen molar-refractivity contribution in [1.29, 1.82) is 0 Å². The third-order valence-corrected chi connectivity index (χ3v) is 4.85. The fourth-order valence-electron chi connectivity index (χ4n) is 3.46. The molecular formula is C21H21N3O2. The summed E-state index contributed by atoms with van der Waals surface area (Å²) in [6.45, 7) is 5.32. The van der Waals surface area contributed by atoms with Gasteiger partial charge in [0, 0.05) is 25.1 Å². The van der Waals surface area contributed by atoms with Gasteiger partial charge in [0.1, 0.15) is 0 Å². The number of benzene rings is 2. The summed E-state index contributed by atoms with van der Waals surface area (Å²) in [6.07, 6.45) is 0.418. The predicted octanol–water partition coefficient (Wildman–Crippen LogP) is 3.87. The summed E-state index contributed by atoms with van der Waals surface area (Å²) in [5.74, 6) is 1.22. The van der Waals surface area contributed by atoms with Gasteiger partial charge in [-0.05, 0) is 25.0 Å². The van der Waals surface area contributed by atoms with E-state index >= 15 is 0 Å². The van der Waals surface area contributed by atoms with E-state index in [2.05, 4.69) is 35.3 Å². The first kappa shape index (κ1) is 16.5. The molecule has 0 N–H and O–H groups in total. The summed E-state index contributed by atoms with van der Waals surface area (Å²) < 4.78 is 5.48. The van der Waals surface area contributed by atoms with E-state index in [-0.39, 0.29) is 11.8 Å². The Hall–Kier alpha value is -2.95. The van der Waals surface area contributed by atoms with E-state index in [9.17, 15) is 4.79 Å². The quantitative estimate of drug-likeness (QED) is 0.719. The van der Waals surface area contributed by atoms with Crippen LogP contribution in [0.4, 0.5) is 0 Å². The maximum Gasteiger partial charge on any atom is 0.232 e. The number of aromatic nitrogens is 2. The first-order valence-electron chi connectivity index (χ1n) is 8.83. The number of carbonyl (C=O) groups excluding carboxylic acids is 1. The lowest BCUT2D eigenvalue weighted by molar-refractivity contribution is -0.128. The molecule has 5 heteroatoms. The highest BCUT2D eigenvalue weighted by Gasteiger charge is 2.34. The van der Waals surface area contributed by atoms with Crippen LogP contribution in [0.1, 0.15) is 34.9 Å². The van der Waals surface area contributed by atoms with Crippen molar-refractivity contribution >= 4 is 5.91 Å². The van der Waals surface area contributed by atoms with Crippen LogP contribution in [0.5, 0.6) is 0 Å². The summed E-state index contributed by atoms with van der Waals surface area (Å²) in [7, 11) is 0. The Morgan fingerprint density at radius 1 is 1.15 bits per heavy atom. The zero-order valence-corrected chi connectivity index (χ0v) is 15.0. The van der Waals surface area contributed by atoms with Crippen LogP contribution in [0, 0.1) is 13.8 Å². The summed E-state index contributed by atoms with van der Waals surface area (Å²) >= 11 is 0. The average Bonchev–Trinajstić information content (AvgIpc) is 3.23. The van der Waals surface area contributed by atoms with Gasteiger partial charge >= 0.3 is 0 Å². The highest BCUT2D eigenvalue weighted by molar-refractivity contribution is 5.79. The highest BCUT2D eigenvalue weighted by Crippen LogP contribution is 2.30. The number of nitrogens with zero attached hydrogens (tertiary/aromatic N) is 3. The smallest absolute Gasteiger partial charge is 0.232 e. The number of carbonyl (C=O) groups is 1. The summed E-state index contributed by atoms with van der Waals surface area (Å²) in [4.78, 5) is 18.8. The van der Waals surface area contributed by atoms with Gasteiger partial charge < -0.3 is 9.42 Å². The Labute approximate surface area is 152 Å². The first-order valence-corrected chi connectivity index (χ1v) is 8.83. The molecule has 2 aromatic carbocycles. The van der Waals surface area contributed by atoms with E-state index in [1.165, 1.54) is 5.56 Å². The Balaban J connectivity index is 1.50. The van der Waals surface area contributed by atoms with Crippen LogP contribution < -0.4 is 0 Å². The van der Waals surface area contributed by atoms with Crippen molar-refractivity contribution in [2.45, 2.75) is 32.7 Å². The number of likely N-dealkylation sites (tertiary alicyclic amines) is 1. The van der Waals surface area contributed by atoms with Crippen LogP contribution in [0.25, 0.3) is 11.4 Å². The van der Waals surface area contributed by atoms with Crippen LogP contribution in [0.15, 0.2) is 53.1 Å². The lowest BCUT2D eigenvalue weighted by Gasteiger charge is -2.16. The molecule has 26 heavy (non-hydrogen) atoms. The van der Waals surface area contributed by atoms with Gasteiger partial charge in [-0.3, -0.25) is 4.79 Å². The van der Waals surface area contributed by atoms with Gasteiger partial charge in [-0.1, -0.05) is 59.3 Å². The van der Waals surface area contributed by atoms with Crippen LogP contribution in [-0.4, -0.2) is 27.5 Å². The van der Waals surface area contributed by atoms with Gasteiger partial charge in [0.25, 0.3) is 0 Å². The molecule has 1 unspecified atom stereocenters. The molecule has 1 saturated heterocycles. The SMILES string of the molecule is Cc1cccc(CN2CC(c3nc(-c4ccccc4C)no3)CC2=O)c1. The molecule has 0 radical (unpaired) electrons. The van der Waals surface area contributed by atoms with Crippen molar-refractivity contribution in [2.75, 3.05) is 6.54 Å². The lowest BCUT2D eigenvalue weighted by atomic mass is 10.1. The number of rotatable bonds is 4. The number of hydrogen-bond donors (Lipinski definition) is 0. The fourth-order valence-corrected chi connectivity index (χ4v) is 3.46. The zero-order chi connectivity index (χ0) is 18.1. The van der Waals surface area contributed by atoms with Crippen molar-refractivity contribution in [3.63, 3.8) is 0 Å². The van der Waals surface area contributed by atoms with Crippen molar-refractivity contribution in [1.82, 2.24) is 15.0 Å². The topological polar surface area (TPSA) is 59.2 Å². The standard InChI is InChI=1S/C21H21N3O2/c1-14-6-5-8-16(10-14)12-24-13-17(11-19(24)25)21-22-20(23-26-21)18-9-4-3-7-15(18)2/h3-10,17H,11-13H2,1-2H3. The third kappa shape index (κ3) is 3.25. The molecule has 3 aromatic rings. The van der Waals surface area contributed by atoms with Crippen molar-refractivity contribution in [2.24, 2.45) is 0 Å². The third-order valence-electron chi connectivity index (χ3n) is 4.85. The van der Waals surface area contributed by atoms with Gasteiger partial charge in [0.15, 0.2) is 0 Å². The van der Waals surface area contributed by atoms with E-state index in [4.69, 9.17) is 4.52 Å². The zero-order valence-electron chi connectivity index (χ0n) is 15.0. The average molecular weight is 347 g/mol. The molecule has 1 aliphatic rings. The Morgan fingerprint density at radius 2 is 2.00 bits per heavy atom. The molecule has 2 heterocycles. The second kappa shape index (κ2) is 6.75. The molecule has 1 atom stereocenters. The van der Waals surface area contributed by atoms with Crippen LogP contribution >= 0.6 is 0 Å². The molecule has 0 bridgehead atoms. The van der Waals surface area contributed by atoms with E-state index in [1.807, 2.05) is 42.2 Å². The fraction of sp³-hybridized carbons (Fsp3) is 0.286. The van der Waals surface area contributed by atoms with Gasteiger partial charge in [-0.25, -0.2) is 0 Å². The number of hydrogen-bond acceptors (Lipinski definition) is 4. The van der Waals surface area contributed by atoms with E-state index in [1.54, 1.807) is 0 Å². The van der Waals surface area contributed by atoms with E-state index < -0.39 is 0 Å². The van der Waals surface area contributed by atoms with Gasteiger partial charge in [-0.15, -0.1) is 0 Å². The van der Waals surface area contributed by atoms with Crippen molar-refractivity contribution < 1.29 is 9.32 Å². The van der Waals surface area contributed by atoms with Gasteiger partial charge in [0.05, 0.1) is 5.92 Å². The van der Waals surface area contributed by atoms with E-state index in [0.717, 1.165) is 16.7 Å². The lowest BCUT2D eigenvalue weighted by Crippen LogP contribution is -2.24. The Kier molecular flexibility index (Phi) is 4.29. The molecule has 1 aliphatic heterocycles. The number of amides is 1. The normalized spacial score (nSPS) is 17.1. The second-order valence-corrected chi connectivity index (χ2v) is 6.94. The Bertz CT molecular complexity index is 948.